The van der Waals surface area contributed by atoms with Crippen LogP contribution in [0.2, 0.25) is 0 Å². The highest BCUT2D eigenvalue weighted by molar-refractivity contribution is 7.51. The van der Waals surface area contributed by atoms with E-state index in [1.807, 2.05) is 0 Å². The first-order chi connectivity index (χ1) is 9.16. The maximum absolute atomic E-state index is 11.0. The molecule has 3 N–H and O–H groups in total. The molecule has 1 amide bonds. The van der Waals surface area contributed by atoms with Gasteiger partial charge in [-0.2, -0.15) is 0 Å². The Hall–Kier alpha value is -0.680. The summed E-state index contributed by atoms with van der Waals surface area (Å²) >= 11 is 0. The molecule has 0 aromatic rings. The monoisotopic (exact) mass is 307 g/mol. The van der Waals surface area contributed by atoms with Crippen molar-refractivity contribution in [3.63, 3.8) is 0 Å². The van der Waals surface area contributed by atoms with Crippen molar-refractivity contribution in [3.05, 3.63) is 12.7 Å². The lowest BCUT2D eigenvalue weighted by molar-refractivity contribution is -0.890. The lowest BCUT2D eigenvalue weighted by Gasteiger charge is -2.30. The molecule has 20 heavy (non-hydrogen) atoms. The van der Waals surface area contributed by atoms with Crippen LogP contribution in [0.25, 0.3) is 0 Å². The minimum absolute atomic E-state index is 0.0198. The number of hydrogen-bond acceptors (Lipinski definition) is 2. The predicted molar refractivity (Wildman–Crippen MR) is 80.4 cm³/mol. The van der Waals surface area contributed by atoms with E-state index >= 15 is 0 Å². The second kappa shape index (κ2) is 9.29. The van der Waals surface area contributed by atoms with Gasteiger partial charge in [-0.1, -0.05) is 6.58 Å². The van der Waals surface area contributed by atoms with Crippen molar-refractivity contribution in [2.24, 2.45) is 0 Å². The van der Waals surface area contributed by atoms with Gasteiger partial charge in [-0.05, 0) is 25.3 Å². The molecule has 0 saturated heterocycles. The molecule has 0 aliphatic carbocycles. The number of amides is 1. The van der Waals surface area contributed by atoms with E-state index < -0.39 is 7.60 Å². The van der Waals surface area contributed by atoms with Crippen LogP contribution in [0.4, 0.5) is 0 Å². The fourth-order valence-corrected chi connectivity index (χ4v) is 2.57. The van der Waals surface area contributed by atoms with Crippen LogP contribution in [0.5, 0.6) is 0 Å². The SMILES string of the molecule is C=CC(=O)NCCC[N+](C)(C)CCCCCP(=O)(O)O. The second-order valence-electron chi connectivity index (χ2n) is 5.68. The normalized spacial score (nSPS) is 12.2. The smallest absolute Gasteiger partial charge is 0.325 e. The van der Waals surface area contributed by atoms with Crippen molar-refractivity contribution in [1.82, 2.24) is 5.32 Å². The van der Waals surface area contributed by atoms with Gasteiger partial charge in [0.2, 0.25) is 5.91 Å². The molecule has 0 bridgehead atoms. The molecule has 0 unspecified atom stereocenters. The maximum atomic E-state index is 11.0. The number of nitrogens with one attached hydrogen (secondary N) is 1. The van der Waals surface area contributed by atoms with E-state index in [2.05, 4.69) is 26.0 Å². The van der Waals surface area contributed by atoms with Gasteiger partial charge in [-0.25, -0.2) is 0 Å². The Balaban J connectivity index is 3.66. The van der Waals surface area contributed by atoms with E-state index in [9.17, 15) is 9.36 Å². The molecule has 0 spiro atoms. The lowest BCUT2D eigenvalue weighted by Crippen LogP contribution is -2.42. The van der Waals surface area contributed by atoms with E-state index in [0.717, 1.165) is 36.8 Å². The van der Waals surface area contributed by atoms with Crippen LogP contribution in [0.15, 0.2) is 12.7 Å². The average molecular weight is 307 g/mol. The highest BCUT2D eigenvalue weighted by atomic mass is 31.2. The first kappa shape index (κ1) is 19.3. The van der Waals surface area contributed by atoms with Crippen molar-refractivity contribution >= 4 is 13.5 Å². The molecule has 0 atom stereocenters. The average Bonchev–Trinajstić information content (AvgIpc) is 2.32. The summed E-state index contributed by atoms with van der Waals surface area (Å²) < 4.78 is 11.5. The molecule has 0 aromatic heterocycles. The number of quaternary nitrogens is 1. The van der Waals surface area contributed by atoms with E-state index in [-0.39, 0.29) is 12.1 Å². The molecule has 6 nitrogen and oxygen atoms in total. The van der Waals surface area contributed by atoms with Gasteiger partial charge < -0.3 is 19.6 Å². The van der Waals surface area contributed by atoms with Crippen LogP contribution in [0.1, 0.15) is 25.7 Å². The molecule has 0 aliphatic heterocycles. The Bertz CT molecular complexity index is 352. The third kappa shape index (κ3) is 12.4. The summed E-state index contributed by atoms with van der Waals surface area (Å²) in [6.07, 6.45) is 4.50. The molecule has 0 aliphatic rings. The standard InChI is InChI=1S/C13H27N2O4P/c1-4-13(16)14-9-8-11-15(2,3)10-6-5-7-12-20(17,18)19/h4H,1,5-12H2,2-3H3,(H2-,14,16,17,18,19)/p+1. The van der Waals surface area contributed by atoms with Crippen molar-refractivity contribution in [2.75, 3.05) is 39.9 Å². The second-order valence-corrected chi connectivity index (χ2v) is 7.46. The van der Waals surface area contributed by atoms with Crippen LogP contribution in [0, 0.1) is 0 Å². The summed E-state index contributed by atoms with van der Waals surface area (Å²) in [4.78, 5) is 28.5. The molecule has 0 radical (unpaired) electrons. The van der Waals surface area contributed by atoms with Gasteiger partial charge in [0, 0.05) is 19.1 Å². The summed E-state index contributed by atoms with van der Waals surface area (Å²) in [6.45, 7) is 5.96. The molecule has 7 heteroatoms. The molecule has 0 heterocycles. The van der Waals surface area contributed by atoms with Crippen molar-refractivity contribution in [3.8, 4) is 0 Å². The van der Waals surface area contributed by atoms with Gasteiger partial charge in [0.1, 0.15) is 0 Å². The summed E-state index contributed by atoms with van der Waals surface area (Å²) in [5.74, 6) is -0.146. The zero-order chi connectivity index (χ0) is 15.6. The Morgan fingerprint density at radius 1 is 1.20 bits per heavy atom. The fourth-order valence-electron chi connectivity index (χ4n) is 1.94. The summed E-state index contributed by atoms with van der Waals surface area (Å²) in [5.41, 5.74) is 0. The highest BCUT2D eigenvalue weighted by Crippen LogP contribution is 2.35. The third-order valence-corrected chi connectivity index (χ3v) is 4.04. The molecule has 118 valence electrons. The van der Waals surface area contributed by atoms with Gasteiger partial charge in [-0.3, -0.25) is 9.36 Å². The first-order valence-electron chi connectivity index (χ1n) is 6.93. The Morgan fingerprint density at radius 2 is 1.80 bits per heavy atom. The maximum Gasteiger partial charge on any atom is 0.325 e. The van der Waals surface area contributed by atoms with Crippen LogP contribution in [-0.2, 0) is 9.36 Å². The number of carbonyl (C=O) groups excluding carboxylic acids is 1. The Morgan fingerprint density at radius 3 is 2.35 bits per heavy atom. The van der Waals surface area contributed by atoms with Gasteiger partial charge in [0.15, 0.2) is 0 Å². The summed E-state index contributed by atoms with van der Waals surface area (Å²) in [5, 5.41) is 2.74. The van der Waals surface area contributed by atoms with Gasteiger partial charge in [0.25, 0.3) is 0 Å². The van der Waals surface area contributed by atoms with E-state index in [4.69, 9.17) is 9.79 Å². The van der Waals surface area contributed by atoms with E-state index in [1.165, 1.54) is 6.08 Å². The highest BCUT2D eigenvalue weighted by Gasteiger charge is 2.15. The number of unbranched alkanes of at least 4 members (excludes halogenated alkanes) is 2. The van der Waals surface area contributed by atoms with Gasteiger partial charge in [0.05, 0.1) is 27.2 Å². The number of nitrogens with zero attached hydrogens (tertiary/aromatic N) is 1. The minimum Gasteiger partial charge on any atom is -0.352 e. The van der Waals surface area contributed by atoms with Crippen molar-refractivity contribution < 1.29 is 23.6 Å². The summed E-state index contributed by atoms with van der Waals surface area (Å²) in [7, 11) is 0.412. The molecule has 0 rings (SSSR count). The van der Waals surface area contributed by atoms with E-state index in [0.29, 0.717) is 13.0 Å². The zero-order valence-electron chi connectivity index (χ0n) is 12.5. The van der Waals surface area contributed by atoms with Crippen molar-refractivity contribution in [1.29, 1.82) is 0 Å². The van der Waals surface area contributed by atoms with Crippen LogP contribution in [0.3, 0.4) is 0 Å². The predicted octanol–water partition coefficient (Wildman–Crippen LogP) is 1.10. The Kier molecular flexibility index (Phi) is 8.98. The summed E-state index contributed by atoms with van der Waals surface area (Å²) in [6, 6.07) is 0. The third-order valence-electron chi connectivity index (χ3n) is 3.14. The topological polar surface area (TPSA) is 86.6 Å². The van der Waals surface area contributed by atoms with Gasteiger partial charge >= 0.3 is 7.60 Å². The van der Waals surface area contributed by atoms with Gasteiger partial charge in [-0.15, -0.1) is 0 Å². The molecule has 0 aromatic carbocycles. The molecular weight excluding hydrogens is 279 g/mol. The number of rotatable bonds is 11. The van der Waals surface area contributed by atoms with E-state index in [1.54, 1.807) is 0 Å². The van der Waals surface area contributed by atoms with Crippen molar-refractivity contribution in [2.45, 2.75) is 25.7 Å². The molecular formula is C13H28N2O4P+. The number of hydrogen-bond donors (Lipinski definition) is 3. The van der Waals surface area contributed by atoms with Crippen LogP contribution < -0.4 is 5.32 Å². The minimum atomic E-state index is -3.83. The fraction of sp³-hybridized carbons (Fsp3) is 0.769. The molecule has 0 saturated carbocycles. The van der Waals surface area contributed by atoms with Crippen LogP contribution in [-0.4, -0.2) is 60.1 Å². The lowest BCUT2D eigenvalue weighted by atomic mass is 10.2. The first-order valence-corrected chi connectivity index (χ1v) is 8.73. The largest absolute Gasteiger partial charge is 0.352 e. The van der Waals surface area contributed by atoms with Crippen LogP contribution >= 0.6 is 7.60 Å². The quantitative estimate of drug-likeness (QED) is 0.231. The Labute approximate surface area is 121 Å². The zero-order valence-corrected chi connectivity index (χ0v) is 13.4. The molecule has 0 fully saturated rings. The number of carbonyl (C=O) groups is 1.